The first-order valence-electron chi connectivity index (χ1n) is 7.29. The number of amides is 1. The van der Waals surface area contributed by atoms with Crippen LogP contribution in [0.5, 0.6) is 0 Å². The van der Waals surface area contributed by atoms with E-state index in [2.05, 4.69) is 20.9 Å². The largest absolute Gasteiger partial charge is 0.481 e. The molecule has 1 aromatic heterocycles. The van der Waals surface area contributed by atoms with E-state index < -0.39 is 11.9 Å². The maximum absolute atomic E-state index is 12.8. The third-order valence-corrected chi connectivity index (χ3v) is 4.82. The monoisotopic (exact) mass is 364 g/mol. The zero-order valence-corrected chi connectivity index (χ0v) is 13.8. The lowest BCUT2D eigenvalue weighted by Gasteiger charge is -2.24. The molecule has 1 unspecified atom stereocenters. The highest BCUT2D eigenvalue weighted by Gasteiger charge is 2.36. The van der Waals surface area contributed by atoms with Crippen molar-refractivity contribution in [3.05, 3.63) is 34.4 Å². The summed E-state index contributed by atoms with van der Waals surface area (Å²) in [6.07, 6.45) is 1.88. The van der Waals surface area contributed by atoms with Gasteiger partial charge >= 0.3 is 5.97 Å². The average Bonchev–Trinajstić information content (AvgIpc) is 3.28. The molecule has 1 aliphatic rings. The summed E-state index contributed by atoms with van der Waals surface area (Å²) in [4.78, 5) is 28.8. The number of benzene rings is 1. The van der Waals surface area contributed by atoms with Crippen LogP contribution in [0, 0.1) is 5.92 Å². The molecule has 6 heteroatoms. The molecule has 1 aromatic carbocycles. The van der Waals surface area contributed by atoms with Gasteiger partial charge in [0.2, 0.25) is 0 Å². The van der Waals surface area contributed by atoms with Crippen LogP contribution in [0.1, 0.15) is 30.3 Å². The van der Waals surface area contributed by atoms with Crippen LogP contribution in [-0.2, 0) is 4.79 Å². The maximum Gasteiger partial charge on any atom is 0.308 e. The van der Waals surface area contributed by atoms with Gasteiger partial charge in [-0.25, -0.2) is 0 Å². The lowest BCUT2D eigenvalue weighted by molar-refractivity contribution is -0.141. The van der Waals surface area contributed by atoms with Crippen LogP contribution >= 0.6 is 15.9 Å². The minimum atomic E-state index is -0.880. The maximum atomic E-state index is 12.8. The molecule has 1 fully saturated rings. The van der Waals surface area contributed by atoms with Crippen LogP contribution in [-0.4, -0.2) is 39.5 Å². The third kappa shape index (κ3) is 2.75. The molecule has 22 heavy (non-hydrogen) atoms. The van der Waals surface area contributed by atoms with Gasteiger partial charge in [-0.1, -0.05) is 25.1 Å². The number of nitrogens with zero attached hydrogens (tertiary/aromatic N) is 1. The number of fused-ring (bicyclic) bond motifs is 1. The molecule has 1 amide bonds. The Morgan fingerprint density at radius 3 is 2.68 bits per heavy atom. The molecule has 5 nitrogen and oxygen atoms in total. The fourth-order valence-corrected chi connectivity index (χ4v) is 3.17. The average molecular weight is 365 g/mol. The van der Waals surface area contributed by atoms with Gasteiger partial charge in [-0.05, 0) is 34.8 Å². The van der Waals surface area contributed by atoms with Crippen molar-refractivity contribution in [3.63, 3.8) is 0 Å². The number of carboxylic acid groups (broad SMARTS) is 1. The number of hydrogen-bond donors (Lipinski definition) is 2. The van der Waals surface area contributed by atoms with Crippen molar-refractivity contribution >= 4 is 38.7 Å². The summed E-state index contributed by atoms with van der Waals surface area (Å²) in [5, 5.41) is 10.1. The minimum absolute atomic E-state index is 0.140. The Morgan fingerprint density at radius 1 is 1.41 bits per heavy atom. The molecule has 0 spiro atoms. The van der Waals surface area contributed by atoms with Gasteiger partial charge in [0.25, 0.3) is 5.91 Å². The van der Waals surface area contributed by atoms with Crippen LogP contribution in [0.25, 0.3) is 10.9 Å². The molecule has 0 radical (unpaired) electrons. The summed E-state index contributed by atoms with van der Waals surface area (Å²) in [6, 6.07) is 7.84. The molecule has 1 aliphatic carbocycles. The van der Waals surface area contributed by atoms with Gasteiger partial charge in [0, 0.05) is 23.5 Å². The number of H-pyrrole nitrogens is 1. The van der Waals surface area contributed by atoms with Crippen molar-refractivity contribution in [2.45, 2.75) is 25.8 Å². The highest BCUT2D eigenvalue weighted by molar-refractivity contribution is 9.10. The Kier molecular flexibility index (Phi) is 3.95. The lowest BCUT2D eigenvalue weighted by Crippen LogP contribution is -2.38. The number of aromatic nitrogens is 1. The molecule has 0 bridgehead atoms. The number of halogens is 1. The molecule has 2 aromatic rings. The van der Waals surface area contributed by atoms with E-state index in [1.165, 1.54) is 0 Å². The fraction of sp³-hybridized carbons (Fsp3) is 0.375. The van der Waals surface area contributed by atoms with E-state index in [9.17, 15) is 9.59 Å². The number of para-hydroxylation sites is 1. The van der Waals surface area contributed by atoms with E-state index in [0.29, 0.717) is 5.69 Å². The summed E-state index contributed by atoms with van der Waals surface area (Å²) in [6.45, 7) is 1.87. The number of rotatable bonds is 5. The van der Waals surface area contributed by atoms with Crippen molar-refractivity contribution in [1.82, 2.24) is 9.88 Å². The predicted octanol–water partition coefficient (Wildman–Crippen LogP) is 3.26. The molecule has 0 saturated heterocycles. The molecular formula is C16H17BrN2O3. The zero-order valence-electron chi connectivity index (χ0n) is 12.2. The summed E-state index contributed by atoms with van der Waals surface area (Å²) in [7, 11) is 0. The normalized spacial score (nSPS) is 15.7. The second kappa shape index (κ2) is 5.76. The van der Waals surface area contributed by atoms with Crippen LogP contribution < -0.4 is 0 Å². The van der Waals surface area contributed by atoms with E-state index in [1.807, 2.05) is 24.3 Å². The lowest BCUT2D eigenvalue weighted by atomic mass is 10.1. The van der Waals surface area contributed by atoms with Gasteiger partial charge in [0.1, 0.15) is 5.69 Å². The first-order chi connectivity index (χ1) is 10.5. The molecule has 2 N–H and O–H groups in total. The Hall–Kier alpha value is -1.82. The number of nitrogens with one attached hydrogen (secondary N) is 1. The fourth-order valence-electron chi connectivity index (χ4n) is 2.56. The molecule has 116 valence electrons. The summed E-state index contributed by atoms with van der Waals surface area (Å²) < 4.78 is 0.738. The number of carbonyl (C=O) groups is 2. The molecule has 1 saturated carbocycles. The van der Waals surface area contributed by atoms with E-state index in [1.54, 1.807) is 11.8 Å². The highest BCUT2D eigenvalue weighted by Crippen LogP contribution is 2.33. The number of carbonyl (C=O) groups excluding carboxylic acids is 1. The van der Waals surface area contributed by atoms with Gasteiger partial charge in [0.05, 0.1) is 10.4 Å². The van der Waals surface area contributed by atoms with E-state index >= 15 is 0 Å². The van der Waals surface area contributed by atoms with Crippen LogP contribution in [0.2, 0.25) is 0 Å². The first-order valence-corrected chi connectivity index (χ1v) is 8.08. The second-order valence-corrected chi connectivity index (χ2v) is 6.58. The molecule has 0 aliphatic heterocycles. The highest BCUT2D eigenvalue weighted by atomic mass is 79.9. The van der Waals surface area contributed by atoms with Gasteiger partial charge < -0.3 is 15.0 Å². The van der Waals surface area contributed by atoms with Crippen molar-refractivity contribution in [2.75, 3.05) is 6.54 Å². The molecule has 1 heterocycles. The van der Waals surface area contributed by atoms with E-state index in [0.717, 1.165) is 28.2 Å². The van der Waals surface area contributed by atoms with Gasteiger partial charge in [-0.3, -0.25) is 9.59 Å². The van der Waals surface area contributed by atoms with Gasteiger partial charge in [0.15, 0.2) is 0 Å². The number of aliphatic carboxylic acids is 1. The van der Waals surface area contributed by atoms with Crippen molar-refractivity contribution in [3.8, 4) is 0 Å². The SMILES string of the molecule is CC(CN(C(=O)c1[nH]c2ccccc2c1Br)C1CC1)C(=O)O. The molecule has 3 rings (SSSR count). The number of carboxylic acids is 1. The third-order valence-electron chi connectivity index (χ3n) is 4.00. The zero-order chi connectivity index (χ0) is 15.9. The number of aromatic amines is 1. The second-order valence-electron chi connectivity index (χ2n) is 5.79. The smallest absolute Gasteiger partial charge is 0.308 e. The van der Waals surface area contributed by atoms with Gasteiger partial charge in [-0.2, -0.15) is 0 Å². The quantitative estimate of drug-likeness (QED) is 0.854. The Bertz CT molecular complexity index is 736. The predicted molar refractivity (Wildman–Crippen MR) is 86.9 cm³/mol. The van der Waals surface area contributed by atoms with E-state index in [4.69, 9.17) is 5.11 Å². The molecule has 1 atom stereocenters. The Balaban J connectivity index is 1.92. The standard InChI is InChI=1S/C16H17BrN2O3/c1-9(16(21)22)8-19(10-6-7-10)15(20)14-13(17)11-4-2-3-5-12(11)18-14/h2-5,9-10,18H,6-8H2,1H3,(H,21,22). The van der Waals surface area contributed by atoms with Crippen LogP contribution in [0.3, 0.4) is 0 Å². The number of hydrogen-bond acceptors (Lipinski definition) is 2. The van der Waals surface area contributed by atoms with Crippen molar-refractivity contribution in [1.29, 1.82) is 0 Å². The van der Waals surface area contributed by atoms with Crippen LogP contribution in [0.15, 0.2) is 28.7 Å². The van der Waals surface area contributed by atoms with Crippen molar-refractivity contribution < 1.29 is 14.7 Å². The van der Waals surface area contributed by atoms with E-state index in [-0.39, 0.29) is 18.5 Å². The Labute approximate surface area is 136 Å². The summed E-state index contributed by atoms with van der Waals surface area (Å²) in [5.74, 6) is -1.60. The summed E-state index contributed by atoms with van der Waals surface area (Å²) >= 11 is 3.49. The topological polar surface area (TPSA) is 73.4 Å². The first kappa shape index (κ1) is 15.1. The Morgan fingerprint density at radius 2 is 2.09 bits per heavy atom. The van der Waals surface area contributed by atoms with Gasteiger partial charge in [-0.15, -0.1) is 0 Å². The minimum Gasteiger partial charge on any atom is -0.481 e. The summed E-state index contributed by atoms with van der Waals surface area (Å²) in [5.41, 5.74) is 1.38. The van der Waals surface area contributed by atoms with Crippen molar-refractivity contribution in [2.24, 2.45) is 5.92 Å². The van der Waals surface area contributed by atoms with Crippen LogP contribution in [0.4, 0.5) is 0 Å². The molecular weight excluding hydrogens is 348 g/mol.